The molecule has 0 saturated carbocycles. The summed E-state index contributed by atoms with van der Waals surface area (Å²) in [7, 11) is -3.64. The van der Waals surface area contributed by atoms with Gasteiger partial charge in [-0.1, -0.05) is 35.9 Å². The molecule has 1 heterocycles. The second kappa shape index (κ2) is 8.58. The van der Waals surface area contributed by atoms with Gasteiger partial charge in [-0.15, -0.1) is 6.58 Å². The van der Waals surface area contributed by atoms with Crippen LogP contribution in [0.2, 0.25) is 0 Å². The zero-order valence-corrected chi connectivity index (χ0v) is 17.3. The Morgan fingerprint density at radius 3 is 2.61 bits per heavy atom. The van der Waals surface area contributed by atoms with Gasteiger partial charge in [0, 0.05) is 24.7 Å². The minimum Gasteiger partial charge on any atom is -0.362 e. The molecule has 0 amide bonds. The minimum absolute atomic E-state index is 0.279. The summed E-state index contributed by atoms with van der Waals surface area (Å²) in [6.07, 6.45) is 4.07. The van der Waals surface area contributed by atoms with Crippen molar-refractivity contribution in [2.24, 2.45) is 0 Å². The number of rotatable bonds is 7. The van der Waals surface area contributed by atoms with E-state index in [2.05, 4.69) is 17.2 Å². The Labute approximate surface area is 171 Å². The van der Waals surface area contributed by atoms with Crippen LogP contribution in [0.4, 0.5) is 0 Å². The smallest absolute Gasteiger partial charge is 0.268 e. The van der Waals surface area contributed by atoms with Crippen LogP contribution in [0.1, 0.15) is 11.1 Å². The van der Waals surface area contributed by atoms with Gasteiger partial charge in [-0.2, -0.15) is 0 Å². The number of hydrogen-bond acceptors (Lipinski definition) is 3. The zero-order chi connectivity index (χ0) is 20.1. The van der Waals surface area contributed by atoms with Gasteiger partial charge in [0.05, 0.1) is 10.4 Å². The van der Waals surface area contributed by atoms with E-state index in [9.17, 15) is 8.42 Å². The Kier molecular flexibility index (Phi) is 6.16. The largest absolute Gasteiger partial charge is 0.362 e. The number of hydrogen-bond donors (Lipinski definition) is 2. The molecule has 5 nitrogen and oxygen atoms in total. The molecule has 3 rings (SSSR count). The molecule has 0 spiro atoms. The zero-order valence-electron chi connectivity index (χ0n) is 15.7. The van der Waals surface area contributed by atoms with Gasteiger partial charge in [-0.25, -0.2) is 12.4 Å². The Hall–Kier alpha value is -2.64. The normalized spacial score (nSPS) is 11.3. The highest BCUT2D eigenvalue weighted by molar-refractivity contribution is 7.90. The first-order valence-electron chi connectivity index (χ1n) is 8.96. The molecule has 0 aliphatic heterocycles. The average Bonchev–Trinajstić information content (AvgIpc) is 3.11. The fourth-order valence-electron chi connectivity index (χ4n) is 2.89. The van der Waals surface area contributed by atoms with Crippen molar-refractivity contribution in [1.29, 1.82) is 0 Å². The predicted molar refractivity (Wildman–Crippen MR) is 118 cm³/mol. The second-order valence-electron chi connectivity index (χ2n) is 6.50. The van der Waals surface area contributed by atoms with Crippen molar-refractivity contribution in [2.75, 3.05) is 13.1 Å². The molecule has 2 N–H and O–H groups in total. The highest BCUT2D eigenvalue weighted by atomic mass is 32.2. The number of nitrogens with one attached hydrogen (secondary N) is 2. The van der Waals surface area contributed by atoms with Gasteiger partial charge < -0.3 is 10.6 Å². The third-order valence-corrected chi connectivity index (χ3v) is 6.40. The van der Waals surface area contributed by atoms with Crippen molar-refractivity contribution in [3.63, 3.8) is 0 Å². The van der Waals surface area contributed by atoms with Crippen LogP contribution in [0.3, 0.4) is 0 Å². The number of benzene rings is 2. The Morgan fingerprint density at radius 1 is 1.14 bits per heavy atom. The second-order valence-corrected chi connectivity index (χ2v) is 8.72. The molecule has 0 unspecified atom stereocenters. The molecule has 7 heteroatoms. The Bertz CT molecular complexity index is 1100. The Morgan fingerprint density at radius 2 is 1.89 bits per heavy atom. The van der Waals surface area contributed by atoms with Gasteiger partial charge in [0.2, 0.25) is 0 Å². The molecule has 0 atom stereocenters. The van der Waals surface area contributed by atoms with Crippen molar-refractivity contribution < 1.29 is 8.42 Å². The lowest BCUT2D eigenvalue weighted by molar-refractivity contribution is 0.589. The average molecular weight is 414 g/mol. The SMILES string of the molecule is C=CCNC(=S)NCCc1ccc2ccn(S(=O)(=O)c3ccc(C)cc3)c2c1. The van der Waals surface area contributed by atoms with Crippen molar-refractivity contribution in [2.45, 2.75) is 18.2 Å². The topological polar surface area (TPSA) is 63.1 Å². The van der Waals surface area contributed by atoms with Crippen LogP contribution in [0, 0.1) is 6.92 Å². The van der Waals surface area contributed by atoms with Gasteiger partial charge >= 0.3 is 0 Å². The number of nitrogens with zero attached hydrogens (tertiary/aromatic N) is 1. The van der Waals surface area contributed by atoms with E-state index in [1.807, 2.05) is 31.2 Å². The summed E-state index contributed by atoms with van der Waals surface area (Å²) in [5, 5.41) is 7.61. The van der Waals surface area contributed by atoms with E-state index in [-0.39, 0.29) is 4.90 Å². The van der Waals surface area contributed by atoms with Crippen LogP contribution < -0.4 is 10.6 Å². The van der Waals surface area contributed by atoms with E-state index in [4.69, 9.17) is 12.2 Å². The highest BCUT2D eigenvalue weighted by Gasteiger charge is 2.18. The van der Waals surface area contributed by atoms with E-state index in [1.165, 1.54) is 3.97 Å². The van der Waals surface area contributed by atoms with E-state index in [1.54, 1.807) is 36.5 Å². The summed E-state index contributed by atoms with van der Waals surface area (Å²) in [5.74, 6) is 0. The maximum atomic E-state index is 13.1. The maximum Gasteiger partial charge on any atom is 0.268 e. The summed E-state index contributed by atoms with van der Waals surface area (Å²) in [6.45, 7) is 6.83. The first-order chi connectivity index (χ1) is 13.4. The van der Waals surface area contributed by atoms with Gasteiger partial charge in [0.1, 0.15) is 0 Å². The molecule has 0 fully saturated rings. The summed E-state index contributed by atoms with van der Waals surface area (Å²) in [6, 6.07) is 14.6. The van der Waals surface area contributed by atoms with Gasteiger partial charge in [0.25, 0.3) is 10.0 Å². The molecule has 3 aromatic rings. The molecule has 146 valence electrons. The van der Waals surface area contributed by atoms with Crippen molar-refractivity contribution >= 4 is 38.3 Å². The van der Waals surface area contributed by atoms with E-state index < -0.39 is 10.0 Å². The predicted octanol–water partition coefficient (Wildman–Crippen LogP) is 3.38. The fraction of sp³-hybridized carbons (Fsp3) is 0.190. The third-order valence-electron chi connectivity index (χ3n) is 4.41. The van der Waals surface area contributed by atoms with Crippen LogP contribution >= 0.6 is 12.2 Å². The van der Waals surface area contributed by atoms with Crippen LogP contribution in [0.15, 0.2) is 72.3 Å². The maximum absolute atomic E-state index is 13.1. The lowest BCUT2D eigenvalue weighted by Crippen LogP contribution is -2.36. The molecule has 1 aromatic heterocycles. The van der Waals surface area contributed by atoms with Crippen LogP contribution in [0.25, 0.3) is 10.9 Å². The summed E-state index contributed by atoms with van der Waals surface area (Å²) in [4.78, 5) is 0.279. The lowest BCUT2D eigenvalue weighted by atomic mass is 10.1. The van der Waals surface area contributed by atoms with E-state index >= 15 is 0 Å². The molecule has 0 bridgehead atoms. The standard InChI is InChI=1S/C21H23N3O2S2/c1-3-12-22-21(27)23-13-10-17-6-7-18-11-14-24(20(18)15-17)28(25,26)19-8-4-16(2)5-9-19/h3-9,11,14-15H,1,10,12-13H2,2H3,(H2,22,23,27). The molecular formula is C21H23N3O2S2. The number of thiocarbonyl (C=S) groups is 1. The molecular weight excluding hydrogens is 390 g/mol. The van der Waals surface area contributed by atoms with Crippen molar-refractivity contribution in [1.82, 2.24) is 14.6 Å². The molecule has 0 radical (unpaired) electrons. The molecule has 2 aromatic carbocycles. The first-order valence-corrected chi connectivity index (χ1v) is 10.8. The van der Waals surface area contributed by atoms with Gasteiger partial charge in [0.15, 0.2) is 5.11 Å². The Balaban J connectivity index is 1.81. The van der Waals surface area contributed by atoms with Crippen LogP contribution in [-0.2, 0) is 16.4 Å². The summed E-state index contributed by atoms with van der Waals surface area (Å²) < 4.78 is 27.5. The lowest BCUT2D eigenvalue weighted by Gasteiger charge is -2.10. The van der Waals surface area contributed by atoms with E-state index in [0.29, 0.717) is 23.7 Å². The summed E-state index contributed by atoms with van der Waals surface area (Å²) in [5.41, 5.74) is 2.72. The molecule has 0 saturated heterocycles. The van der Waals surface area contributed by atoms with Gasteiger partial charge in [-0.05, 0) is 55.4 Å². The van der Waals surface area contributed by atoms with E-state index in [0.717, 1.165) is 22.9 Å². The monoisotopic (exact) mass is 413 g/mol. The minimum atomic E-state index is -3.64. The highest BCUT2D eigenvalue weighted by Crippen LogP contribution is 2.23. The van der Waals surface area contributed by atoms with Gasteiger partial charge in [-0.3, -0.25) is 0 Å². The number of aryl methyl sites for hydroxylation is 1. The molecule has 0 aliphatic carbocycles. The molecule has 28 heavy (non-hydrogen) atoms. The first kappa shape index (κ1) is 20.1. The molecule has 0 aliphatic rings. The van der Waals surface area contributed by atoms with Crippen molar-refractivity contribution in [3.05, 3.63) is 78.5 Å². The number of fused-ring (bicyclic) bond motifs is 1. The summed E-state index contributed by atoms with van der Waals surface area (Å²) >= 11 is 5.18. The van der Waals surface area contributed by atoms with Crippen LogP contribution in [0.5, 0.6) is 0 Å². The van der Waals surface area contributed by atoms with Crippen LogP contribution in [-0.4, -0.2) is 30.6 Å². The van der Waals surface area contributed by atoms with Crippen molar-refractivity contribution in [3.8, 4) is 0 Å². The fourth-order valence-corrected chi connectivity index (χ4v) is 4.42. The quantitative estimate of drug-likeness (QED) is 0.459. The third kappa shape index (κ3) is 4.43. The number of aromatic nitrogens is 1.